The minimum absolute atomic E-state index is 0.0610. The standard InChI is InChI=1S/C28H37N7O2S/c1-16(19-9-7-13-35(19)4)37-22-14-21(34(2)3)32-27(33-22)24(30)17-8-5-11-28(25(17)36)12-6-10-20-23(28)18(15-29)26(31)38-20/h14,16,19,30,36H,5-13,31H2,1-4H3/t16-,19-,28-/m0/s1. The van der Waals surface area contributed by atoms with Crippen molar-refractivity contribution in [2.45, 2.75) is 75.9 Å². The fraction of sp³-hybridized carbons (Fsp3) is 0.571. The maximum absolute atomic E-state index is 11.8. The van der Waals surface area contributed by atoms with Gasteiger partial charge in [0, 0.05) is 36.7 Å². The van der Waals surface area contributed by atoms with E-state index in [4.69, 9.17) is 15.9 Å². The average Bonchev–Trinajstić information content (AvgIpc) is 3.47. The Kier molecular flexibility index (Phi) is 7.09. The molecule has 1 spiro atoms. The van der Waals surface area contributed by atoms with Crippen LogP contribution in [0.3, 0.4) is 0 Å². The van der Waals surface area contributed by atoms with Gasteiger partial charge in [0.1, 0.15) is 34.5 Å². The molecule has 9 nitrogen and oxygen atoms in total. The Hall–Kier alpha value is -3.16. The molecule has 2 aromatic rings. The van der Waals surface area contributed by atoms with Crippen LogP contribution in [0.5, 0.6) is 5.88 Å². The zero-order chi connectivity index (χ0) is 27.2. The summed E-state index contributed by atoms with van der Waals surface area (Å²) >= 11 is 1.46. The average molecular weight is 536 g/mol. The number of likely N-dealkylation sites (N-methyl/N-ethyl adjacent to an activating group) is 1. The highest BCUT2D eigenvalue weighted by molar-refractivity contribution is 7.16. The van der Waals surface area contributed by atoms with Gasteiger partial charge in [-0.15, -0.1) is 11.3 Å². The van der Waals surface area contributed by atoms with E-state index in [1.807, 2.05) is 19.0 Å². The van der Waals surface area contributed by atoms with Crippen molar-refractivity contribution < 1.29 is 9.84 Å². The predicted octanol–water partition coefficient (Wildman–Crippen LogP) is 4.56. The molecule has 3 heterocycles. The highest BCUT2D eigenvalue weighted by Gasteiger charge is 2.47. The van der Waals surface area contributed by atoms with Crippen LogP contribution >= 0.6 is 11.3 Å². The molecular formula is C28H37N7O2S. The van der Waals surface area contributed by atoms with Crippen molar-refractivity contribution in [3.05, 3.63) is 39.2 Å². The summed E-state index contributed by atoms with van der Waals surface area (Å²) < 4.78 is 6.31. The highest BCUT2D eigenvalue weighted by Crippen LogP contribution is 2.54. The first-order valence-electron chi connectivity index (χ1n) is 13.4. The van der Waals surface area contributed by atoms with Gasteiger partial charge in [0.2, 0.25) is 5.88 Å². The summed E-state index contributed by atoms with van der Waals surface area (Å²) in [4.78, 5) is 14.6. The summed E-state index contributed by atoms with van der Waals surface area (Å²) in [5.41, 5.74) is 7.54. The Labute approximate surface area is 228 Å². The lowest BCUT2D eigenvalue weighted by molar-refractivity contribution is 0.117. The third-order valence-electron chi connectivity index (χ3n) is 8.47. The molecule has 0 aromatic carbocycles. The molecule has 0 saturated carbocycles. The second kappa shape index (κ2) is 10.2. The zero-order valence-electron chi connectivity index (χ0n) is 22.7. The first-order chi connectivity index (χ1) is 18.2. The fourth-order valence-corrected chi connectivity index (χ4v) is 7.70. The topological polar surface area (TPSA) is 135 Å². The molecule has 0 radical (unpaired) electrons. The Morgan fingerprint density at radius 2 is 2.05 bits per heavy atom. The summed E-state index contributed by atoms with van der Waals surface area (Å²) in [5, 5.41) is 31.4. The zero-order valence-corrected chi connectivity index (χ0v) is 23.5. The van der Waals surface area contributed by atoms with E-state index in [-0.39, 0.29) is 23.4 Å². The number of hydrogen-bond donors (Lipinski definition) is 3. The number of anilines is 2. The van der Waals surface area contributed by atoms with Gasteiger partial charge in [0.05, 0.1) is 11.0 Å². The molecule has 1 fully saturated rings. The minimum Gasteiger partial charge on any atom is -0.511 e. The molecule has 1 saturated heterocycles. The molecule has 4 N–H and O–H groups in total. The van der Waals surface area contributed by atoms with Crippen LogP contribution in [0.15, 0.2) is 17.4 Å². The molecule has 3 aliphatic rings. The Balaban J connectivity index is 1.53. The lowest BCUT2D eigenvalue weighted by Gasteiger charge is -2.41. The fourth-order valence-electron chi connectivity index (χ4n) is 6.54. The van der Waals surface area contributed by atoms with Gasteiger partial charge < -0.3 is 20.5 Å². The number of nitrogen functional groups attached to an aromatic ring is 1. The molecule has 0 unspecified atom stereocenters. The van der Waals surface area contributed by atoms with E-state index in [2.05, 4.69) is 34.9 Å². The Morgan fingerprint density at radius 3 is 2.71 bits per heavy atom. The molecule has 38 heavy (non-hydrogen) atoms. The third kappa shape index (κ3) is 4.41. The quantitative estimate of drug-likeness (QED) is 0.458. The number of hydrogen-bond acceptors (Lipinski definition) is 10. The van der Waals surface area contributed by atoms with Crippen molar-refractivity contribution in [3.63, 3.8) is 0 Å². The van der Waals surface area contributed by atoms with Gasteiger partial charge in [-0.1, -0.05) is 0 Å². The van der Waals surface area contributed by atoms with Crippen LogP contribution in [0.1, 0.15) is 73.7 Å². The van der Waals surface area contributed by atoms with Crippen molar-refractivity contribution in [1.29, 1.82) is 10.7 Å². The van der Waals surface area contributed by atoms with Gasteiger partial charge >= 0.3 is 0 Å². The highest BCUT2D eigenvalue weighted by atomic mass is 32.1. The number of nitriles is 1. The van der Waals surface area contributed by atoms with E-state index in [9.17, 15) is 10.4 Å². The second-order valence-corrected chi connectivity index (χ2v) is 12.2. The molecule has 10 heteroatoms. The van der Waals surface area contributed by atoms with E-state index in [1.165, 1.54) is 11.3 Å². The lowest BCUT2D eigenvalue weighted by atomic mass is 9.63. The van der Waals surface area contributed by atoms with Gasteiger partial charge in [0.25, 0.3) is 0 Å². The van der Waals surface area contributed by atoms with Crippen molar-refractivity contribution in [3.8, 4) is 11.9 Å². The minimum atomic E-state index is -0.688. The molecular weight excluding hydrogens is 498 g/mol. The number of aliphatic hydroxyl groups excluding tert-OH is 1. The van der Waals surface area contributed by atoms with Crippen LogP contribution < -0.4 is 15.4 Å². The third-order valence-corrected chi connectivity index (χ3v) is 9.55. The number of aryl methyl sites for hydroxylation is 1. The van der Waals surface area contributed by atoms with Crippen LogP contribution in [0.2, 0.25) is 0 Å². The van der Waals surface area contributed by atoms with Gasteiger partial charge in [-0.3, -0.25) is 10.3 Å². The number of rotatable bonds is 6. The summed E-state index contributed by atoms with van der Waals surface area (Å²) in [5.74, 6) is 1.48. The number of likely N-dealkylation sites (tertiary alicyclic amines) is 1. The van der Waals surface area contributed by atoms with Crippen molar-refractivity contribution in [1.82, 2.24) is 14.9 Å². The molecule has 202 valence electrons. The SMILES string of the molecule is C[C@H](Oc1cc(N(C)C)nc(C(=N)C2=C(O)[C@@]3(CCC2)CCCc2sc(N)c(C#N)c23)n1)[C@@H]1CCCN1C. The number of aromatic nitrogens is 2. The smallest absolute Gasteiger partial charge is 0.219 e. The van der Waals surface area contributed by atoms with Gasteiger partial charge in [-0.05, 0) is 77.4 Å². The first-order valence-corrected chi connectivity index (χ1v) is 14.2. The number of nitrogens with two attached hydrogens (primary N) is 1. The van der Waals surface area contributed by atoms with E-state index in [0.717, 1.165) is 61.9 Å². The summed E-state index contributed by atoms with van der Waals surface area (Å²) in [6.45, 7) is 3.12. The van der Waals surface area contributed by atoms with E-state index >= 15 is 0 Å². The van der Waals surface area contributed by atoms with Crippen LogP contribution in [0.25, 0.3) is 0 Å². The van der Waals surface area contributed by atoms with Gasteiger partial charge in [-0.25, -0.2) is 4.98 Å². The number of thiophene rings is 1. The Morgan fingerprint density at radius 1 is 1.32 bits per heavy atom. The van der Waals surface area contributed by atoms with E-state index in [1.54, 1.807) is 6.07 Å². The number of nitrogens with one attached hydrogen (secondary N) is 1. The van der Waals surface area contributed by atoms with E-state index in [0.29, 0.717) is 40.3 Å². The Bertz CT molecular complexity index is 1330. The molecule has 0 amide bonds. The van der Waals surface area contributed by atoms with Crippen LogP contribution in [-0.2, 0) is 11.8 Å². The summed E-state index contributed by atoms with van der Waals surface area (Å²) in [6.07, 6.45) is 6.74. The number of nitrogens with zero attached hydrogens (tertiary/aromatic N) is 5. The number of ether oxygens (including phenoxy) is 1. The van der Waals surface area contributed by atoms with Crippen molar-refractivity contribution in [2.75, 3.05) is 38.3 Å². The maximum atomic E-state index is 11.8. The van der Waals surface area contributed by atoms with Crippen LogP contribution in [-0.4, -0.2) is 65.5 Å². The molecule has 2 aromatic heterocycles. The van der Waals surface area contributed by atoms with Gasteiger partial charge in [-0.2, -0.15) is 10.2 Å². The number of fused-ring (bicyclic) bond motifs is 2. The van der Waals surface area contributed by atoms with E-state index < -0.39 is 5.41 Å². The first kappa shape index (κ1) is 26.4. The number of allylic oxidation sites excluding steroid dienone is 2. The van der Waals surface area contributed by atoms with Crippen LogP contribution in [0, 0.1) is 16.7 Å². The molecule has 1 aliphatic heterocycles. The second-order valence-electron chi connectivity index (χ2n) is 11.0. The molecule has 0 bridgehead atoms. The lowest BCUT2D eigenvalue weighted by Crippen LogP contribution is -2.38. The van der Waals surface area contributed by atoms with Gasteiger partial charge in [0.15, 0.2) is 5.82 Å². The summed E-state index contributed by atoms with van der Waals surface area (Å²) in [6, 6.07) is 4.41. The van der Waals surface area contributed by atoms with Crippen molar-refractivity contribution in [2.24, 2.45) is 0 Å². The van der Waals surface area contributed by atoms with Crippen LogP contribution in [0.4, 0.5) is 10.8 Å². The van der Waals surface area contributed by atoms with Crippen molar-refractivity contribution >= 4 is 27.9 Å². The molecule has 3 atom stereocenters. The molecule has 5 rings (SSSR count). The summed E-state index contributed by atoms with van der Waals surface area (Å²) in [7, 11) is 5.91. The monoisotopic (exact) mass is 535 g/mol. The normalized spacial score (nSPS) is 24.2. The largest absolute Gasteiger partial charge is 0.511 e. The maximum Gasteiger partial charge on any atom is 0.219 e. The number of aliphatic hydroxyl groups is 1. The molecule has 2 aliphatic carbocycles. The predicted molar refractivity (Wildman–Crippen MR) is 150 cm³/mol.